The summed E-state index contributed by atoms with van der Waals surface area (Å²) < 4.78 is 26.7. The van der Waals surface area contributed by atoms with Gasteiger partial charge in [0.05, 0.1) is 12.4 Å². The minimum atomic E-state index is -4.18. The van der Waals surface area contributed by atoms with E-state index in [2.05, 4.69) is 21.4 Å². The third-order valence-corrected chi connectivity index (χ3v) is 6.17. The molecule has 0 fully saturated rings. The molecule has 0 spiro atoms. The van der Waals surface area contributed by atoms with E-state index in [1.54, 1.807) is 6.07 Å². The molecule has 0 saturated carbocycles. The lowest BCUT2D eigenvalue weighted by atomic mass is 9.99. The standard InChI is InChI=1S/C18H17N5O3S/c19-8-13-9-21-16(10-20-13)27(25,26)23-18(24)22-17-14-5-1-3-11(14)7-12-4-2-6-15(12)17/h7,9-10H,1-6H2,(H2,22,23,24). The minimum Gasteiger partial charge on any atom is -0.307 e. The number of amides is 2. The van der Waals surface area contributed by atoms with Crippen LogP contribution in [0.3, 0.4) is 0 Å². The summed E-state index contributed by atoms with van der Waals surface area (Å²) in [5.41, 5.74) is 5.46. The smallest absolute Gasteiger partial charge is 0.307 e. The van der Waals surface area contributed by atoms with E-state index < -0.39 is 21.1 Å². The second-order valence-electron chi connectivity index (χ2n) is 6.65. The van der Waals surface area contributed by atoms with Crippen LogP contribution in [-0.2, 0) is 35.7 Å². The maximum Gasteiger partial charge on any atom is 0.333 e. The van der Waals surface area contributed by atoms with Gasteiger partial charge in [-0.2, -0.15) is 13.7 Å². The van der Waals surface area contributed by atoms with Crippen LogP contribution in [0, 0.1) is 11.3 Å². The van der Waals surface area contributed by atoms with Gasteiger partial charge in [0.2, 0.25) is 0 Å². The molecule has 27 heavy (non-hydrogen) atoms. The van der Waals surface area contributed by atoms with E-state index in [4.69, 9.17) is 5.26 Å². The van der Waals surface area contributed by atoms with E-state index in [1.807, 2.05) is 4.72 Å². The Bertz CT molecular complexity index is 1040. The fourth-order valence-electron chi connectivity index (χ4n) is 3.79. The summed E-state index contributed by atoms with van der Waals surface area (Å²) in [6.07, 6.45) is 7.80. The lowest BCUT2D eigenvalue weighted by Crippen LogP contribution is -2.35. The third-order valence-electron chi connectivity index (χ3n) is 4.96. The third kappa shape index (κ3) is 3.24. The Morgan fingerprint density at radius 3 is 2.26 bits per heavy atom. The summed E-state index contributed by atoms with van der Waals surface area (Å²) >= 11 is 0. The molecule has 1 heterocycles. The normalized spacial score (nSPS) is 14.9. The van der Waals surface area contributed by atoms with E-state index in [0.29, 0.717) is 0 Å². The Morgan fingerprint density at radius 2 is 1.70 bits per heavy atom. The number of nitriles is 1. The molecule has 0 aliphatic heterocycles. The molecule has 0 unspecified atom stereocenters. The molecule has 0 radical (unpaired) electrons. The number of aromatic nitrogens is 2. The number of aryl methyl sites for hydroxylation is 2. The quantitative estimate of drug-likeness (QED) is 0.833. The Balaban J connectivity index is 1.58. The molecule has 0 bridgehead atoms. The van der Waals surface area contributed by atoms with Crippen molar-refractivity contribution in [1.29, 1.82) is 5.26 Å². The first-order chi connectivity index (χ1) is 13.0. The van der Waals surface area contributed by atoms with E-state index in [-0.39, 0.29) is 5.69 Å². The maximum atomic E-state index is 12.4. The fourth-order valence-corrected chi connectivity index (χ4v) is 4.58. The van der Waals surface area contributed by atoms with Gasteiger partial charge in [-0.05, 0) is 60.8 Å². The van der Waals surface area contributed by atoms with Crippen molar-refractivity contribution in [2.24, 2.45) is 0 Å². The van der Waals surface area contributed by atoms with Crippen LogP contribution < -0.4 is 10.0 Å². The van der Waals surface area contributed by atoms with Gasteiger partial charge in [-0.3, -0.25) is 0 Å². The van der Waals surface area contributed by atoms with Gasteiger partial charge in [-0.15, -0.1) is 0 Å². The first-order valence-electron chi connectivity index (χ1n) is 8.70. The second-order valence-corrected chi connectivity index (χ2v) is 8.27. The minimum absolute atomic E-state index is 0.00573. The van der Waals surface area contributed by atoms with Crippen LogP contribution in [0.1, 0.15) is 40.8 Å². The maximum absolute atomic E-state index is 12.4. The Kier molecular flexibility index (Phi) is 4.28. The molecule has 2 aliphatic rings. The largest absolute Gasteiger partial charge is 0.333 e. The summed E-state index contributed by atoms with van der Waals surface area (Å²) in [6.45, 7) is 0. The number of hydrogen-bond donors (Lipinski definition) is 2. The highest BCUT2D eigenvalue weighted by molar-refractivity contribution is 7.90. The first kappa shape index (κ1) is 17.4. The zero-order valence-electron chi connectivity index (χ0n) is 14.4. The van der Waals surface area contributed by atoms with Crippen molar-refractivity contribution in [3.05, 3.63) is 46.4 Å². The number of hydrogen-bond acceptors (Lipinski definition) is 6. The predicted octanol–water partition coefficient (Wildman–Crippen LogP) is 1.84. The predicted molar refractivity (Wildman–Crippen MR) is 96.6 cm³/mol. The topological polar surface area (TPSA) is 125 Å². The molecular formula is C18H17N5O3S. The summed E-state index contributed by atoms with van der Waals surface area (Å²) in [4.78, 5) is 19.8. The Labute approximate surface area is 156 Å². The average molecular weight is 383 g/mol. The van der Waals surface area contributed by atoms with Gasteiger partial charge in [0.15, 0.2) is 10.7 Å². The molecule has 2 amide bonds. The van der Waals surface area contributed by atoms with Crippen LogP contribution in [0.15, 0.2) is 23.5 Å². The van der Waals surface area contributed by atoms with Gasteiger partial charge in [-0.1, -0.05) is 6.07 Å². The zero-order chi connectivity index (χ0) is 19.0. The second kappa shape index (κ2) is 6.63. The summed E-state index contributed by atoms with van der Waals surface area (Å²) in [6, 6.07) is 3.17. The van der Waals surface area contributed by atoms with Crippen molar-refractivity contribution in [3.8, 4) is 6.07 Å². The van der Waals surface area contributed by atoms with Gasteiger partial charge in [-0.25, -0.2) is 19.5 Å². The van der Waals surface area contributed by atoms with Crippen LogP contribution in [0.5, 0.6) is 0 Å². The van der Waals surface area contributed by atoms with E-state index in [1.165, 1.54) is 11.1 Å². The van der Waals surface area contributed by atoms with Crippen molar-refractivity contribution < 1.29 is 13.2 Å². The van der Waals surface area contributed by atoms with Crippen LogP contribution in [-0.4, -0.2) is 24.4 Å². The van der Waals surface area contributed by atoms with Crippen molar-refractivity contribution in [3.63, 3.8) is 0 Å². The number of rotatable bonds is 3. The number of anilines is 1. The Hall–Kier alpha value is -2.99. The van der Waals surface area contributed by atoms with Crippen LogP contribution in [0.2, 0.25) is 0 Å². The highest BCUT2D eigenvalue weighted by Crippen LogP contribution is 2.38. The fraction of sp³-hybridized carbons (Fsp3) is 0.333. The number of nitrogens with one attached hydrogen (secondary N) is 2. The molecule has 0 saturated heterocycles. The average Bonchev–Trinajstić information content (AvgIpc) is 3.30. The number of fused-ring (bicyclic) bond motifs is 2. The number of urea groups is 1. The molecule has 9 heteroatoms. The SMILES string of the molecule is N#Cc1cnc(S(=O)(=O)NC(=O)Nc2c3c(cc4c2CCC4)CCC3)cn1. The van der Waals surface area contributed by atoms with E-state index in [9.17, 15) is 13.2 Å². The number of benzene rings is 1. The molecule has 4 rings (SSSR count). The number of nitrogens with zero attached hydrogens (tertiary/aromatic N) is 3. The van der Waals surface area contributed by atoms with Gasteiger partial charge < -0.3 is 5.32 Å². The lowest BCUT2D eigenvalue weighted by Gasteiger charge is -2.16. The van der Waals surface area contributed by atoms with Gasteiger partial charge >= 0.3 is 6.03 Å². The lowest BCUT2D eigenvalue weighted by molar-refractivity contribution is 0.256. The molecule has 1 aromatic heterocycles. The van der Waals surface area contributed by atoms with Crippen molar-refractivity contribution in [2.45, 2.75) is 43.6 Å². The zero-order valence-corrected chi connectivity index (χ0v) is 15.3. The highest BCUT2D eigenvalue weighted by atomic mass is 32.2. The monoisotopic (exact) mass is 383 g/mol. The number of sulfonamides is 1. The summed E-state index contributed by atoms with van der Waals surface area (Å²) in [7, 11) is -4.18. The molecule has 0 atom stereocenters. The first-order valence-corrected chi connectivity index (χ1v) is 10.2. The highest BCUT2D eigenvalue weighted by Gasteiger charge is 2.26. The molecular weight excluding hydrogens is 366 g/mol. The van der Waals surface area contributed by atoms with Gasteiger partial charge in [0, 0.05) is 5.69 Å². The summed E-state index contributed by atoms with van der Waals surface area (Å²) in [5, 5.41) is 11.1. The molecule has 2 N–H and O–H groups in total. The van der Waals surface area contributed by atoms with Crippen LogP contribution in [0.4, 0.5) is 10.5 Å². The van der Waals surface area contributed by atoms with Gasteiger partial charge in [0.25, 0.3) is 10.0 Å². The van der Waals surface area contributed by atoms with Crippen molar-refractivity contribution in [2.75, 3.05) is 5.32 Å². The van der Waals surface area contributed by atoms with E-state index >= 15 is 0 Å². The van der Waals surface area contributed by atoms with Crippen LogP contribution in [0.25, 0.3) is 0 Å². The van der Waals surface area contributed by atoms with Gasteiger partial charge in [0.1, 0.15) is 6.07 Å². The number of carbonyl (C=O) groups excluding carboxylic acids is 1. The summed E-state index contributed by atoms with van der Waals surface area (Å²) in [5.74, 6) is 0. The van der Waals surface area contributed by atoms with E-state index in [0.717, 1.165) is 67.7 Å². The van der Waals surface area contributed by atoms with Crippen LogP contribution >= 0.6 is 0 Å². The molecule has 8 nitrogen and oxygen atoms in total. The Morgan fingerprint density at radius 1 is 1.04 bits per heavy atom. The molecule has 2 aliphatic carbocycles. The number of carbonyl (C=O) groups is 1. The molecule has 2 aromatic rings. The molecule has 138 valence electrons. The van der Waals surface area contributed by atoms with Crippen molar-refractivity contribution >= 4 is 21.7 Å². The van der Waals surface area contributed by atoms with Crippen molar-refractivity contribution in [1.82, 2.24) is 14.7 Å². The molecule has 1 aromatic carbocycles.